The van der Waals surface area contributed by atoms with Crippen LogP contribution in [0.3, 0.4) is 0 Å². The lowest BCUT2D eigenvalue weighted by atomic mass is 9.68. The molecule has 85 heavy (non-hydrogen) atoms. The van der Waals surface area contributed by atoms with E-state index in [2.05, 4.69) is 143 Å². The standard InChI is InChI=1S/C81H159O3P/c1-19-25-31-34-37-55-79(58-49-70(7)8,59-50-71(9)10)67-76(43-28-22-4)46-40-64-82-85(83-65-41-47-77(44-29-23-5)68-80(60-51-72(11)12,61-52-73(13)14)56-38-35-32-26-20-2)84-66-42-48-78(45-30-24-6)69-81(62-53-74(15)16,63-54-75(17)18)57-39-36-33-27-21-3/h43-45,70-75H,19-42,46-69H2,1-18H3/b76-43+,77-44+,78-45+. The normalized spacial score (nSPS) is 13.6. The van der Waals surface area contributed by atoms with Gasteiger partial charge in [0.15, 0.2) is 0 Å². The summed E-state index contributed by atoms with van der Waals surface area (Å²) in [6.07, 6.45) is 66.6. The first-order valence-electron chi connectivity index (χ1n) is 38.5. The molecule has 0 bridgehead atoms. The molecule has 0 amide bonds. The maximum Gasteiger partial charge on any atom is 0.332 e. The smallest absolute Gasteiger partial charge is 0.312 e. The van der Waals surface area contributed by atoms with Crippen molar-refractivity contribution in [3.8, 4) is 0 Å². The molecule has 0 aromatic carbocycles. The third-order valence-electron chi connectivity index (χ3n) is 19.4. The quantitative estimate of drug-likeness (QED) is 0.0345. The van der Waals surface area contributed by atoms with Gasteiger partial charge < -0.3 is 13.6 Å². The van der Waals surface area contributed by atoms with Crippen LogP contribution in [0.15, 0.2) is 34.9 Å². The van der Waals surface area contributed by atoms with Crippen molar-refractivity contribution in [2.24, 2.45) is 51.8 Å². The molecular formula is C81H159O3P. The summed E-state index contributed by atoms with van der Waals surface area (Å²) in [5.74, 6) is 4.49. The van der Waals surface area contributed by atoms with Gasteiger partial charge in [-0.25, -0.2) is 0 Å². The van der Waals surface area contributed by atoms with Gasteiger partial charge in [0.2, 0.25) is 0 Å². The summed E-state index contributed by atoms with van der Waals surface area (Å²) in [5.41, 5.74) is 6.32. The Morgan fingerprint density at radius 3 is 0.706 bits per heavy atom. The van der Waals surface area contributed by atoms with Crippen molar-refractivity contribution in [2.45, 2.75) is 414 Å². The summed E-state index contributed by atoms with van der Waals surface area (Å²) >= 11 is 0. The van der Waals surface area contributed by atoms with Gasteiger partial charge in [-0.2, -0.15) is 0 Å². The lowest BCUT2D eigenvalue weighted by molar-refractivity contribution is 0.152. The summed E-state index contributed by atoms with van der Waals surface area (Å²) in [4.78, 5) is 0. The van der Waals surface area contributed by atoms with Crippen LogP contribution in [0.5, 0.6) is 0 Å². The van der Waals surface area contributed by atoms with Crippen LogP contribution in [0.2, 0.25) is 0 Å². The van der Waals surface area contributed by atoms with Gasteiger partial charge in [-0.1, -0.05) is 314 Å². The molecule has 0 aliphatic heterocycles. The Morgan fingerprint density at radius 1 is 0.282 bits per heavy atom. The number of rotatable bonds is 63. The van der Waals surface area contributed by atoms with Gasteiger partial charge in [0, 0.05) is 0 Å². The van der Waals surface area contributed by atoms with Gasteiger partial charge in [-0.05, 0) is 187 Å². The lowest BCUT2D eigenvalue weighted by Gasteiger charge is -2.37. The second kappa shape index (κ2) is 55.2. The highest BCUT2D eigenvalue weighted by Crippen LogP contribution is 2.48. The van der Waals surface area contributed by atoms with Crippen LogP contribution in [-0.4, -0.2) is 19.8 Å². The van der Waals surface area contributed by atoms with E-state index in [1.54, 1.807) is 16.7 Å². The molecule has 4 heteroatoms. The maximum atomic E-state index is 6.92. The van der Waals surface area contributed by atoms with Gasteiger partial charge in [0.25, 0.3) is 0 Å². The van der Waals surface area contributed by atoms with Gasteiger partial charge >= 0.3 is 8.60 Å². The van der Waals surface area contributed by atoms with E-state index in [0.29, 0.717) is 36.1 Å². The Labute approximate surface area is 539 Å². The van der Waals surface area contributed by atoms with Crippen molar-refractivity contribution >= 4 is 8.60 Å². The molecule has 0 saturated carbocycles. The summed E-state index contributed by atoms with van der Waals surface area (Å²) in [5, 5.41) is 0. The van der Waals surface area contributed by atoms with Crippen LogP contribution in [0.1, 0.15) is 414 Å². The molecule has 0 saturated heterocycles. The molecule has 0 radical (unpaired) electrons. The maximum absolute atomic E-state index is 6.92. The molecule has 0 aliphatic carbocycles. The zero-order valence-corrected chi connectivity index (χ0v) is 62.7. The average molecular weight is 1210 g/mol. The fourth-order valence-corrected chi connectivity index (χ4v) is 14.6. The number of hydrogen-bond acceptors (Lipinski definition) is 3. The van der Waals surface area contributed by atoms with Crippen LogP contribution in [-0.2, 0) is 13.6 Å². The second-order valence-corrected chi connectivity index (χ2v) is 32.3. The first kappa shape index (κ1) is 84.5. The molecule has 0 atom stereocenters. The van der Waals surface area contributed by atoms with E-state index in [9.17, 15) is 0 Å². The Bertz CT molecular complexity index is 1330. The first-order valence-corrected chi connectivity index (χ1v) is 39.6. The van der Waals surface area contributed by atoms with Crippen LogP contribution in [0.25, 0.3) is 0 Å². The van der Waals surface area contributed by atoms with Crippen molar-refractivity contribution in [2.75, 3.05) is 19.8 Å². The minimum absolute atomic E-state index is 0.406. The zero-order valence-electron chi connectivity index (χ0n) is 61.8. The van der Waals surface area contributed by atoms with E-state index in [4.69, 9.17) is 13.6 Å². The predicted octanol–water partition coefficient (Wildman–Crippen LogP) is 29.6. The van der Waals surface area contributed by atoms with E-state index in [1.807, 2.05) is 0 Å². The minimum atomic E-state index is -1.44. The molecule has 0 rings (SSSR count). The minimum Gasteiger partial charge on any atom is -0.312 e. The van der Waals surface area contributed by atoms with Crippen molar-refractivity contribution in [1.82, 2.24) is 0 Å². The molecule has 0 spiro atoms. The van der Waals surface area contributed by atoms with Crippen molar-refractivity contribution in [3.05, 3.63) is 34.9 Å². The van der Waals surface area contributed by atoms with Crippen LogP contribution < -0.4 is 0 Å². The van der Waals surface area contributed by atoms with Gasteiger partial charge in [0.05, 0.1) is 19.8 Å². The zero-order chi connectivity index (χ0) is 63.5. The average Bonchev–Trinajstić information content (AvgIpc) is 3.28. The van der Waals surface area contributed by atoms with E-state index in [1.165, 1.54) is 250 Å². The number of unbranched alkanes of at least 4 members (excludes halogenated alkanes) is 15. The molecular weight excluding hydrogens is 1050 g/mol. The van der Waals surface area contributed by atoms with Gasteiger partial charge in [-0.3, -0.25) is 0 Å². The number of allylic oxidation sites excluding steroid dienone is 6. The van der Waals surface area contributed by atoms with Crippen LogP contribution in [0.4, 0.5) is 0 Å². The lowest BCUT2D eigenvalue weighted by Crippen LogP contribution is -2.24. The highest BCUT2D eigenvalue weighted by molar-refractivity contribution is 7.41. The third-order valence-corrected chi connectivity index (χ3v) is 20.6. The van der Waals surface area contributed by atoms with Gasteiger partial charge in [-0.15, -0.1) is 0 Å². The molecule has 3 nitrogen and oxygen atoms in total. The van der Waals surface area contributed by atoms with Crippen molar-refractivity contribution in [1.29, 1.82) is 0 Å². The van der Waals surface area contributed by atoms with E-state index >= 15 is 0 Å². The summed E-state index contributed by atoms with van der Waals surface area (Å²) < 4.78 is 20.8. The largest absolute Gasteiger partial charge is 0.332 e. The highest BCUT2D eigenvalue weighted by atomic mass is 31.2. The summed E-state index contributed by atoms with van der Waals surface area (Å²) in [6, 6.07) is 0. The Balaban J connectivity index is 6.95. The SMILES string of the molecule is CCC/C=C(\CCCOP(OCCC/C(=C\CCC)CC(CCCCCCC)(CCC(C)C)CCC(C)C)OCCC/C(=C\CCC)CC(CCCCCCC)(CCC(C)C)CCC(C)C)CC(CCCCCCC)(CCC(C)C)CCC(C)C. The molecule has 0 unspecified atom stereocenters. The monoisotopic (exact) mass is 1210 g/mol. The molecule has 506 valence electrons. The Kier molecular flexibility index (Phi) is 54.9. The molecule has 0 N–H and O–H groups in total. The molecule has 0 aromatic heterocycles. The molecule has 0 fully saturated rings. The fourth-order valence-electron chi connectivity index (χ4n) is 13.5. The third kappa shape index (κ3) is 48.0. The highest BCUT2D eigenvalue weighted by Gasteiger charge is 2.34. The Morgan fingerprint density at radius 2 is 0.506 bits per heavy atom. The van der Waals surface area contributed by atoms with E-state index in [-0.39, 0.29) is 0 Å². The first-order chi connectivity index (χ1) is 40.8. The summed E-state index contributed by atoms with van der Waals surface area (Å²) in [7, 11) is -1.44. The molecule has 0 heterocycles. The second-order valence-electron chi connectivity index (χ2n) is 31.1. The van der Waals surface area contributed by atoms with Crippen molar-refractivity contribution < 1.29 is 13.6 Å². The van der Waals surface area contributed by atoms with E-state index < -0.39 is 8.60 Å². The van der Waals surface area contributed by atoms with Crippen molar-refractivity contribution in [3.63, 3.8) is 0 Å². The molecule has 0 aromatic rings. The van der Waals surface area contributed by atoms with Crippen LogP contribution in [0, 0.1) is 51.8 Å². The summed E-state index contributed by atoms with van der Waals surface area (Å²) in [6.45, 7) is 45.6. The number of hydrogen-bond donors (Lipinski definition) is 0. The predicted molar refractivity (Wildman–Crippen MR) is 387 cm³/mol. The van der Waals surface area contributed by atoms with Crippen LogP contribution >= 0.6 is 8.60 Å². The molecule has 0 aliphatic rings. The van der Waals surface area contributed by atoms with Gasteiger partial charge in [0.1, 0.15) is 0 Å². The topological polar surface area (TPSA) is 27.7 Å². The fraction of sp³-hybridized carbons (Fsp3) is 0.926. The van der Waals surface area contributed by atoms with E-state index in [0.717, 1.165) is 74.0 Å². The Hall–Kier alpha value is -0.470.